The molecule has 5 heteroatoms. The molecule has 0 aromatic rings. The van der Waals surface area contributed by atoms with E-state index >= 15 is 0 Å². The summed E-state index contributed by atoms with van der Waals surface area (Å²) in [6, 6.07) is 0. The van der Waals surface area contributed by atoms with Crippen molar-refractivity contribution in [2.24, 2.45) is 5.92 Å². The first-order valence-corrected chi connectivity index (χ1v) is 3.55. The van der Waals surface area contributed by atoms with Gasteiger partial charge >= 0.3 is 11.9 Å². The Kier molecular flexibility index (Phi) is 4.99. The summed E-state index contributed by atoms with van der Waals surface area (Å²) in [5, 5.41) is 16.6. The lowest BCUT2D eigenvalue weighted by molar-refractivity contribution is -0.140. The van der Waals surface area contributed by atoms with Crippen molar-refractivity contribution in [2.75, 3.05) is 6.67 Å². The average Bonchev–Trinajstić information content (AvgIpc) is 1.84. The van der Waals surface area contributed by atoms with E-state index in [-0.39, 0.29) is 19.3 Å². The Bertz CT molecular complexity index is 153. The Hall–Kier alpha value is -1.13. The van der Waals surface area contributed by atoms with Crippen molar-refractivity contribution >= 4 is 11.9 Å². The minimum Gasteiger partial charge on any atom is -0.481 e. The van der Waals surface area contributed by atoms with E-state index in [0.717, 1.165) is 0 Å². The molecule has 0 radical (unpaired) electrons. The predicted molar refractivity (Wildman–Crippen MR) is 38.6 cm³/mol. The molecule has 0 aliphatic heterocycles. The first kappa shape index (κ1) is 10.9. The van der Waals surface area contributed by atoms with Crippen LogP contribution in [0.4, 0.5) is 4.39 Å². The Balaban J connectivity index is 3.85. The average molecular weight is 178 g/mol. The van der Waals surface area contributed by atoms with E-state index in [1.54, 1.807) is 0 Å². The summed E-state index contributed by atoms with van der Waals surface area (Å²) < 4.78 is 11.8. The van der Waals surface area contributed by atoms with Crippen molar-refractivity contribution in [3.8, 4) is 0 Å². The summed E-state index contributed by atoms with van der Waals surface area (Å²) in [4.78, 5) is 20.3. The van der Waals surface area contributed by atoms with Gasteiger partial charge in [0.05, 0.1) is 6.67 Å². The van der Waals surface area contributed by atoms with Crippen LogP contribution in [-0.2, 0) is 9.59 Å². The van der Waals surface area contributed by atoms with Gasteiger partial charge < -0.3 is 10.2 Å². The number of halogens is 1. The molecule has 0 rings (SSSR count). The number of carboxylic acid groups (broad SMARTS) is 2. The van der Waals surface area contributed by atoms with Crippen molar-refractivity contribution in [3.63, 3.8) is 0 Å². The molecule has 0 atom stereocenters. The molecule has 12 heavy (non-hydrogen) atoms. The van der Waals surface area contributed by atoms with Crippen molar-refractivity contribution in [1.82, 2.24) is 0 Å². The summed E-state index contributed by atoms with van der Waals surface area (Å²) in [6.45, 7) is -0.675. The monoisotopic (exact) mass is 178 g/mol. The topological polar surface area (TPSA) is 74.6 Å². The second kappa shape index (κ2) is 5.51. The van der Waals surface area contributed by atoms with Gasteiger partial charge in [-0.25, -0.2) is 0 Å². The zero-order valence-corrected chi connectivity index (χ0v) is 6.49. The maximum atomic E-state index is 11.8. The number of hydrogen-bond donors (Lipinski definition) is 2. The Morgan fingerprint density at radius 2 is 1.58 bits per heavy atom. The standard InChI is InChI=1S/C7H11FO4/c8-2-1-5(3-6(9)10)4-7(11)12/h5H,1-4H2,(H,9,10)(H,11,12). The second-order valence-electron chi connectivity index (χ2n) is 2.54. The van der Waals surface area contributed by atoms with Crippen LogP contribution in [0.25, 0.3) is 0 Å². The maximum absolute atomic E-state index is 11.8. The summed E-state index contributed by atoms with van der Waals surface area (Å²) in [6.07, 6.45) is -0.564. The summed E-state index contributed by atoms with van der Waals surface area (Å²) in [5.41, 5.74) is 0. The van der Waals surface area contributed by atoms with Crippen molar-refractivity contribution in [3.05, 3.63) is 0 Å². The highest BCUT2D eigenvalue weighted by Gasteiger charge is 2.16. The summed E-state index contributed by atoms with van der Waals surface area (Å²) in [5.74, 6) is -2.77. The van der Waals surface area contributed by atoms with E-state index in [2.05, 4.69) is 0 Å². The fraction of sp³-hybridized carbons (Fsp3) is 0.714. The smallest absolute Gasteiger partial charge is 0.303 e. The van der Waals surface area contributed by atoms with Gasteiger partial charge in [-0.1, -0.05) is 0 Å². The van der Waals surface area contributed by atoms with E-state index in [1.807, 2.05) is 0 Å². The molecule has 0 aliphatic rings. The molecule has 4 nitrogen and oxygen atoms in total. The quantitative estimate of drug-likeness (QED) is 0.634. The van der Waals surface area contributed by atoms with Gasteiger partial charge in [0.25, 0.3) is 0 Å². The Labute approximate surface area is 69.0 Å². The van der Waals surface area contributed by atoms with Gasteiger partial charge in [-0.15, -0.1) is 0 Å². The van der Waals surface area contributed by atoms with Crippen LogP contribution in [0, 0.1) is 5.92 Å². The van der Waals surface area contributed by atoms with Gasteiger partial charge in [0, 0.05) is 12.8 Å². The van der Waals surface area contributed by atoms with Crippen LogP contribution < -0.4 is 0 Å². The van der Waals surface area contributed by atoms with E-state index < -0.39 is 24.5 Å². The van der Waals surface area contributed by atoms with Crippen LogP contribution in [0.5, 0.6) is 0 Å². The summed E-state index contributed by atoms with van der Waals surface area (Å²) >= 11 is 0. The molecule has 2 N–H and O–H groups in total. The highest BCUT2D eigenvalue weighted by Crippen LogP contribution is 2.13. The zero-order chi connectivity index (χ0) is 9.56. The Morgan fingerprint density at radius 3 is 1.83 bits per heavy atom. The molecule has 0 amide bonds. The predicted octanol–water partition coefficient (Wildman–Crippen LogP) is 0.912. The second-order valence-corrected chi connectivity index (χ2v) is 2.54. The minimum absolute atomic E-state index is 0.00139. The third-order valence-corrected chi connectivity index (χ3v) is 1.44. The number of aliphatic carboxylic acids is 2. The fourth-order valence-corrected chi connectivity index (χ4v) is 0.924. The molecule has 70 valence electrons. The molecule has 0 aliphatic carbocycles. The third-order valence-electron chi connectivity index (χ3n) is 1.44. The molecule has 0 saturated heterocycles. The van der Waals surface area contributed by atoms with Gasteiger partial charge in [0.15, 0.2) is 0 Å². The molecule has 0 heterocycles. The zero-order valence-electron chi connectivity index (χ0n) is 6.49. The molecule has 0 saturated carbocycles. The van der Waals surface area contributed by atoms with Crippen molar-refractivity contribution in [2.45, 2.75) is 19.3 Å². The third kappa shape index (κ3) is 5.64. The Morgan fingerprint density at radius 1 is 1.17 bits per heavy atom. The molecular weight excluding hydrogens is 167 g/mol. The van der Waals surface area contributed by atoms with Crippen LogP contribution in [0.1, 0.15) is 19.3 Å². The first-order valence-electron chi connectivity index (χ1n) is 3.55. The van der Waals surface area contributed by atoms with Crippen LogP contribution in [0.2, 0.25) is 0 Å². The van der Waals surface area contributed by atoms with Crippen molar-refractivity contribution < 1.29 is 24.2 Å². The normalized spacial score (nSPS) is 10.2. The molecule has 0 unspecified atom stereocenters. The molecule has 0 bridgehead atoms. The van der Waals surface area contributed by atoms with Gasteiger partial charge in [-0.3, -0.25) is 14.0 Å². The maximum Gasteiger partial charge on any atom is 0.303 e. The van der Waals surface area contributed by atoms with Gasteiger partial charge in [0.1, 0.15) is 0 Å². The SMILES string of the molecule is O=C(O)CC(CCF)CC(=O)O. The van der Waals surface area contributed by atoms with Crippen molar-refractivity contribution in [1.29, 1.82) is 0 Å². The number of alkyl halides is 1. The summed E-state index contributed by atoms with van der Waals surface area (Å²) in [7, 11) is 0. The highest BCUT2D eigenvalue weighted by atomic mass is 19.1. The molecule has 0 fully saturated rings. The highest BCUT2D eigenvalue weighted by molar-refractivity contribution is 5.70. The molecule has 0 spiro atoms. The van der Waals surface area contributed by atoms with E-state index in [9.17, 15) is 14.0 Å². The van der Waals surface area contributed by atoms with E-state index in [0.29, 0.717) is 0 Å². The van der Waals surface area contributed by atoms with Gasteiger partial charge in [-0.2, -0.15) is 0 Å². The van der Waals surface area contributed by atoms with E-state index in [1.165, 1.54) is 0 Å². The van der Waals surface area contributed by atoms with Gasteiger partial charge in [0.2, 0.25) is 0 Å². The van der Waals surface area contributed by atoms with Crippen LogP contribution in [0.15, 0.2) is 0 Å². The van der Waals surface area contributed by atoms with Crippen LogP contribution >= 0.6 is 0 Å². The minimum atomic E-state index is -1.09. The number of hydrogen-bond acceptors (Lipinski definition) is 2. The lowest BCUT2D eigenvalue weighted by atomic mass is 9.98. The van der Waals surface area contributed by atoms with E-state index in [4.69, 9.17) is 10.2 Å². The molecule has 0 aromatic carbocycles. The van der Waals surface area contributed by atoms with Crippen LogP contribution in [-0.4, -0.2) is 28.8 Å². The molecule has 0 aromatic heterocycles. The largest absolute Gasteiger partial charge is 0.481 e. The number of carbonyl (C=O) groups is 2. The number of carboxylic acids is 2. The molecular formula is C7H11FO4. The number of rotatable bonds is 6. The fourth-order valence-electron chi connectivity index (χ4n) is 0.924. The lowest BCUT2D eigenvalue weighted by Crippen LogP contribution is -2.13. The lowest BCUT2D eigenvalue weighted by Gasteiger charge is -2.08. The van der Waals surface area contributed by atoms with Crippen LogP contribution in [0.3, 0.4) is 0 Å². The van der Waals surface area contributed by atoms with Gasteiger partial charge in [-0.05, 0) is 12.3 Å². The first-order chi connectivity index (χ1) is 5.56.